The minimum atomic E-state index is -0.215. The van der Waals surface area contributed by atoms with Crippen LogP contribution < -0.4 is 15.4 Å². The molecule has 1 heterocycles. The Balaban J connectivity index is 1.70. The van der Waals surface area contributed by atoms with Crippen molar-refractivity contribution in [2.45, 2.75) is 19.9 Å². The van der Waals surface area contributed by atoms with Crippen LogP contribution in [0.25, 0.3) is 0 Å². The van der Waals surface area contributed by atoms with E-state index in [4.69, 9.17) is 4.74 Å². The van der Waals surface area contributed by atoms with Crippen LogP contribution in [-0.4, -0.2) is 29.0 Å². The molecule has 1 aromatic heterocycles. The number of hydrogen-bond acceptors (Lipinski definition) is 3. The first kappa shape index (κ1) is 15.9. The van der Waals surface area contributed by atoms with Crippen molar-refractivity contribution in [3.8, 4) is 5.75 Å². The topological polar surface area (TPSA) is 68.2 Å². The summed E-state index contributed by atoms with van der Waals surface area (Å²) in [6.45, 7) is 4.79. The van der Waals surface area contributed by atoms with E-state index in [0.29, 0.717) is 13.2 Å². The van der Waals surface area contributed by atoms with Gasteiger partial charge in [-0.3, -0.25) is 4.68 Å². The monoisotopic (exact) mass is 302 g/mol. The summed E-state index contributed by atoms with van der Waals surface area (Å²) in [5.41, 5.74) is 2.05. The van der Waals surface area contributed by atoms with Gasteiger partial charge in [0.1, 0.15) is 12.4 Å². The molecule has 0 spiro atoms. The number of nitrogens with zero attached hydrogens (tertiary/aromatic N) is 2. The predicted octanol–water partition coefficient (Wildman–Crippen LogP) is 2.17. The van der Waals surface area contributed by atoms with Gasteiger partial charge in [-0.25, -0.2) is 4.79 Å². The highest BCUT2D eigenvalue weighted by atomic mass is 16.5. The summed E-state index contributed by atoms with van der Waals surface area (Å²) >= 11 is 0. The number of aryl methyl sites for hydroxylation is 1. The molecule has 0 unspecified atom stereocenters. The maximum Gasteiger partial charge on any atom is 0.315 e. The maximum absolute atomic E-state index is 11.9. The summed E-state index contributed by atoms with van der Waals surface area (Å²) < 4.78 is 7.30. The molecule has 0 aliphatic carbocycles. The van der Waals surface area contributed by atoms with Crippen molar-refractivity contribution >= 4 is 6.03 Å². The molecule has 0 bridgehead atoms. The molecule has 0 radical (unpaired) electrons. The zero-order valence-corrected chi connectivity index (χ0v) is 13.2. The summed E-state index contributed by atoms with van der Waals surface area (Å²) in [5, 5.41) is 9.85. The lowest BCUT2D eigenvalue weighted by atomic mass is 10.1. The van der Waals surface area contributed by atoms with Gasteiger partial charge in [0.25, 0.3) is 0 Å². The molecule has 2 rings (SSSR count). The summed E-state index contributed by atoms with van der Waals surface area (Å²) in [7, 11) is 1.88. The Kier molecular flexibility index (Phi) is 5.41. The minimum absolute atomic E-state index is 0.0938. The van der Waals surface area contributed by atoms with E-state index in [0.717, 1.165) is 17.0 Å². The second kappa shape index (κ2) is 7.49. The van der Waals surface area contributed by atoms with Gasteiger partial charge >= 0.3 is 6.03 Å². The highest BCUT2D eigenvalue weighted by Crippen LogP contribution is 2.15. The second-order valence-corrected chi connectivity index (χ2v) is 5.09. The lowest BCUT2D eigenvalue weighted by Crippen LogP contribution is -2.39. The molecule has 22 heavy (non-hydrogen) atoms. The molecule has 2 amide bonds. The quantitative estimate of drug-likeness (QED) is 0.804. The second-order valence-electron chi connectivity index (χ2n) is 5.09. The summed E-state index contributed by atoms with van der Waals surface area (Å²) in [6, 6.07) is 9.21. The predicted molar refractivity (Wildman–Crippen MR) is 84.8 cm³/mol. The Hall–Kier alpha value is -2.50. The number of nitrogens with one attached hydrogen (secondary N) is 2. The highest BCUT2D eigenvalue weighted by Gasteiger charge is 2.14. The van der Waals surface area contributed by atoms with E-state index in [2.05, 4.69) is 15.7 Å². The number of carbonyl (C=O) groups is 1. The minimum Gasteiger partial charge on any atom is -0.492 e. The van der Waals surface area contributed by atoms with Gasteiger partial charge in [-0.2, -0.15) is 5.10 Å². The average Bonchev–Trinajstić information content (AvgIpc) is 2.84. The Bertz CT molecular complexity index is 610. The lowest BCUT2D eigenvalue weighted by Gasteiger charge is -2.14. The van der Waals surface area contributed by atoms with Crippen LogP contribution in [0, 0.1) is 6.92 Å². The van der Waals surface area contributed by atoms with Crippen molar-refractivity contribution < 1.29 is 9.53 Å². The summed E-state index contributed by atoms with van der Waals surface area (Å²) in [4.78, 5) is 11.9. The molecular weight excluding hydrogens is 280 g/mol. The largest absolute Gasteiger partial charge is 0.492 e. The van der Waals surface area contributed by atoms with Crippen molar-refractivity contribution in [3.63, 3.8) is 0 Å². The number of urea groups is 1. The van der Waals surface area contributed by atoms with E-state index in [-0.39, 0.29) is 12.1 Å². The third-order valence-electron chi connectivity index (χ3n) is 3.49. The van der Waals surface area contributed by atoms with Gasteiger partial charge in [-0.1, -0.05) is 18.2 Å². The SMILES string of the molecule is Cc1c([C@@H](C)NC(=O)NCCOc2ccccc2)cnn1C. The molecule has 1 atom stereocenters. The Morgan fingerprint density at radius 1 is 1.36 bits per heavy atom. The van der Waals surface area contributed by atoms with Gasteiger partial charge < -0.3 is 15.4 Å². The van der Waals surface area contributed by atoms with Crippen LogP contribution in [0.1, 0.15) is 24.2 Å². The van der Waals surface area contributed by atoms with Gasteiger partial charge in [0, 0.05) is 18.3 Å². The molecule has 0 saturated carbocycles. The molecule has 2 aromatic rings. The van der Waals surface area contributed by atoms with Gasteiger partial charge in [-0.15, -0.1) is 0 Å². The number of aromatic nitrogens is 2. The fraction of sp³-hybridized carbons (Fsp3) is 0.375. The van der Waals surface area contributed by atoms with Gasteiger partial charge in [0.15, 0.2) is 0 Å². The number of amides is 2. The van der Waals surface area contributed by atoms with E-state index in [1.165, 1.54) is 0 Å². The van der Waals surface area contributed by atoms with Crippen molar-refractivity contribution in [3.05, 3.63) is 47.8 Å². The smallest absolute Gasteiger partial charge is 0.315 e. The number of carbonyl (C=O) groups excluding carboxylic acids is 1. The first-order valence-electron chi connectivity index (χ1n) is 7.28. The fourth-order valence-corrected chi connectivity index (χ4v) is 2.12. The van der Waals surface area contributed by atoms with Crippen LogP contribution in [0.15, 0.2) is 36.5 Å². The molecule has 6 heteroatoms. The molecule has 0 saturated heterocycles. The van der Waals surface area contributed by atoms with Crippen LogP contribution in [0.5, 0.6) is 5.75 Å². The first-order valence-corrected chi connectivity index (χ1v) is 7.28. The zero-order chi connectivity index (χ0) is 15.9. The molecule has 0 fully saturated rings. The van der Waals surface area contributed by atoms with E-state index < -0.39 is 0 Å². The zero-order valence-electron chi connectivity index (χ0n) is 13.2. The van der Waals surface area contributed by atoms with Crippen LogP contribution in [0.2, 0.25) is 0 Å². The van der Waals surface area contributed by atoms with Crippen LogP contribution in [0.4, 0.5) is 4.79 Å². The van der Waals surface area contributed by atoms with Crippen molar-refractivity contribution in [2.75, 3.05) is 13.2 Å². The number of benzene rings is 1. The number of rotatable bonds is 6. The molecule has 118 valence electrons. The van der Waals surface area contributed by atoms with Crippen molar-refractivity contribution in [1.82, 2.24) is 20.4 Å². The van der Waals surface area contributed by atoms with E-state index >= 15 is 0 Å². The Morgan fingerprint density at radius 2 is 2.09 bits per heavy atom. The highest BCUT2D eigenvalue weighted by molar-refractivity contribution is 5.74. The standard InChI is InChI=1S/C16H22N4O2/c1-12(15-11-18-20(3)13(15)2)19-16(21)17-9-10-22-14-7-5-4-6-8-14/h4-8,11-12H,9-10H2,1-3H3,(H2,17,19,21)/t12-/m1/s1. The lowest BCUT2D eigenvalue weighted by molar-refractivity contribution is 0.233. The van der Waals surface area contributed by atoms with E-state index in [1.807, 2.05) is 51.2 Å². The molecule has 0 aliphatic rings. The average molecular weight is 302 g/mol. The molecule has 0 aliphatic heterocycles. The van der Waals surface area contributed by atoms with Crippen LogP contribution >= 0.6 is 0 Å². The van der Waals surface area contributed by atoms with Crippen LogP contribution in [-0.2, 0) is 7.05 Å². The summed E-state index contributed by atoms with van der Waals surface area (Å²) in [6.07, 6.45) is 1.78. The maximum atomic E-state index is 11.9. The Labute approximate surface area is 130 Å². The molecule has 2 N–H and O–H groups in total. The van der Waals surface area contributed by atoms with Gasteiger partial charge in [-0.05, 0) is 26.0 Å². The Morgan fingerprint density at radius 3 is 2.73 bits per heavy atom. The van der Waals surface area contributed by atoms with Crippen molar-refractivity contribution in [1.29, 1.82) is 0 Å². The van der Waals surface area contributed by atoms with Crippen molar-refractivity contribution in [2.24, 2.45) is 7.05 Å². The first-order chi connectivity index (χ1) is 10.6. The molecule has 1 aromatic carbocycles. The summed E-state index contributed by atoms with van der Waals surface area (Å²) in [5.74, 6) is 0.795. The fourth-order valence-electron chi connectivity index (χ4n) is 2.12. The normalized spacial score (nSPS) is 11.8. The number of para-hydroxylation sites is 1. The third-order valence-corrected chi connectivity index (χ3v) is 3.49. The van der Waals surface area contributed by atoms with Gasteiger partial charge in [0.2, 0.25) is 0 Å². The molecular formula is C16H22N4O2. The van der Waals surface area contributed by atoms with E-state index in [1.54, 1.807) is 10.9 Å². The third kappa shape index (κ3) is 4.25. The number of ether oxygens (including phenoxy) is 1. The van der Waals surface area contributed by atoms with E-state index in [9.17, 15) is 4.79 Å². The van der Waals surface area contributed by atoms with Gasteiger partial charge in [0.05, 0.1) is 18.8 Å². The van der Waals surface area contributed by atoms with Crippen LogP contribution in [0.3, 0.4) is 0 Å². The molecule has 6 nitrogen and oxygen atoms in total. The number of hydrogen-bond donors (Lipinski definition) is 2.